The first-order valence-electron chi connectivity index (χ1n) is 6.26. The van der Waals surface area contributed by atoms with E-state index in [1.807, 2.05) is 4.90 Å². The second-order valence-electron chi connectivity index (χ2n) is 4.04. The van der Waals surface area contributed by atoms with E-state index in [1.54, 1.807) is 20.4 Å². The van der Waals surface area contributed by atoms with Gasteiger partial charge in [-0.3, -0.25) is 0 Å². The zero-order valence-electron chi connectivity index (χ0n) is 11.8. The molecule has 0 spiro atoms. The largest absolute Gasteiger partial charge is 0.409 e. The summed E-state index contributed by atoms with van der Waals surface area (Å²) in [5.74, 6) is 0.498. The molecule has 1 aromatic heterocycles. The molecule has 8 heteroatoms. The Balaban J connectivity index is 2.93. The zero-order chi connectivity index (χ0) is 14.8. The second kappa shape index (κ2) is 9.05. The Kier molecular flexibility index (Phi) is 7.30. The summed E-state index contributed by atoms with van der Waals surface area (Å²) < 4.78 is 10.1. The van der Waals surface area contributed by atoms with Gasteiger partial charge in [0.2, 0.25) is 0 Å². The van der Waals surface area contributed by atoms with Crippen LogP contribution >= 0.6 is 0 Å². The van der Waals surface area contributed by atoms with Crippen LogP contribution in [0.25, 0.3) is 0 Å². The van der Waals surface area contributed by atoms with E-state index in [9.17, 15) is 0 Å². The molecule has 0 radical (unpaired) electrons. The van der Waals surface area contributed by atoms with E-state index >= 15 is 0 Å². The smallest absolute Gasteiger partial charge is 0.192 e. The maximum atomic E-state index is 8.82. The number of methoxy groups -OCH3 is 2. The molecule has 20 heavy (non-hydrogen) atoms. The maximum Gasteiger partial charge on any atom is 0.192 e. The highest BCUT2D eigenvalue weighted by Gasteiger charge is 2.16. The van der Waals surface area contributed by atoms with Gasteiger partial charge in [-0.25, -0.2) is 9.97 Å². The summed E-state index contributed by atoms with van der Waals surface area (Å²) in [6.45, 7) is 2.52. The third-order valence-corrected chi connectivity index (χ3v) is 2.67. The van der Waals surface area contributed by atoms with Gasteiger partial charge < -0.3 is 25.3 Å². The first-order valence-corrected chi connectivity index (χ1v) is 6.26. The lowest BCUT2D eigenvalue weighted by atomic mass is 10.3. The molecule has 0 aliphatic heterocycles. The number of hydrogen-bond acceptors (Lipinski definition) is 7. The average molecular weight is 283 g/mol. The molecule has 0 aliphatic rings. The Morgan fingerprint density at radius 3 is 2.60 bits per heavy atom. The fourth-order valence-electron chi connectivity index (χ4n) is 1.71. The van der Waals surface area contributed by atoms with Crippen molar-refractivity contribution in [1.29, 1.82) is 0 Å². The van der Waals surface area contributed by atoms with Crippen LogP contribution in [0, 0.1) is 0 Å². The standard InChI is InChI=1S/C12H21N5O3/c1-19-8-3-6-17(7-9-20-2)12-10(11(13)16-18)14-4-5-15-12/h4-5,18H,3,6-9H2,1-2H3,(H2,13,16). The molecule has 0 amide bonds. The summed E-state index contributed by atoms with van der Waals surface area (Å²) >= 11 is 0. The second-order valence-corrected chi connectivity index (χ2v) is 4.04. The average Bonchev–Trinajstić information content (AvgIpc) is 2.50. The topological polar surface area (TPSA) is 106 Å². The van der Waals surface area contributed by atoms with Crippen molar-refractivity contribution in [2.45, 2.75) is 6.42 Å². The van der Waals surface area contributed by atoms with Crippen LogP contribution in [0.5, 0.6) is 0 Å². The Hall–Kier alpha value is -1.93. The molecule has 1 aromatic rings. The van der Waals surface area contributed by atoms with Crippen LogP contribution in [0.4, 0.5) is 5.82 Å². The molecule has 0 atom stereocenters. The third-order valence-electron chi connectivity index (χ3n) is 2.67. The molecule has 0 bridgehead atoms. The highest BCUT2D eigenvalue weighted by molar-refractivity contribution is 5.99. The Labute approximate surface area is 118 Å². The van der Waals surface area contributed by atoms with Gasteiger partial charge in [0.05, 0.1) is 6.61 Å². The van der Waals surface area contributed by atoms with E-state index < -0.39 is 0 Å². The van der Waals surface area contributed by atoms with Crippen molar-refractivity contribution in [2.75, 3.05) is 45.4 Å². The molecule has 0 fully saturated rings. The summed E-state index contributed by atoms with van der Waals surface area (Å²) in [5, 5.41) is 11.8. The molecule has 0 saturated carbocycles. The van der Waals surface area contributed by atoms with Gasteiger partial charge in [0.15, 0.2) is 17.3 Å². The van der Waals surface area contributed by atoms with Gasteiger partial charge in [-0.15, -0.1) is 0 Å². The Morgan fingerprint density at radius 2 is 1.95 bits per heavy atom. The molecule has 0 aliphatic carbocycles. The normalized spacial score (nSPS) is 11.6. The highest BCUT2D eigenvalue weighted by Crippen LogP contribution is 2.15. The summed E-state index contributed by atoms with van der Waals surface area (Å²) in [7, 11) is 3.29. The van der Waals surface area contributed by atoms with E-state index in [2.05, 4.69) is 15.1 Å². The van der Waals surface area contributed by atoms with Gasteiger partial charge in [-0.05, 0) is 6.42 Å². The molecule has 3 N–H and O–H groups in total. The number of hydrogen-bond donors (Lipinski definition) is 2. The van der Waals surface area contributed by atoms with Crippen molar-refractivity contribution in [2.24, 2.45) is 10.9 Å². The van der Waals surface area contributed by atoms with E-state index in [-0.39, 0.29) is 5.84 Å². The maximum absolute atomic E-state index is 8.82. The molecular formula is C12H21N5O3. The number of nitrogens with zero attached hydrogens (tertiary/aromatic N) is 4. The highest BCUT2D eigenvalue weighted by atomic mass is 16.5. The number of ether oxygens (including phenoxy) is 2. The minimum atomic E-state index is -0.0674. The molecule has 1 heterocycles. The van der Waals surface area contributed by atoms with Gasteiger partial charge in [0.25, 0.3) is 0 Å². The van der Waals surface area contributed by atoms with Crippen LogP contribution in [0.2, 0.25) is 0 Å². The summed E-state index contributed by atoms with van der Waals surface area (Å²) in [4.78, 5) is 10.4. The predicted molar refractivity (Wildman–Crippen MR) is 75.1 cm³/mol. The number of aromatic nitrogens is 2. The van der Waals surface area contributed by atoms with E-state index in [4.69, 9.17) is 20.4 Å². The van der Waals surface area contributed by atoms with Gasteiger partial charge in [-0.2, -0.15) is 0 Å². The third kappa shape index (κ3) is 4.63. The number of anilines is 1. The number of amidine groups is 1. The number of oxime groups is 1. The predicted octanol–water partition coefficient (Wildman–Crippen LogP) is 0.0604. The Morgan fingerprint density at radius 1 is 1.25 bits per heavy atom. The molecule has 0 unspecified atom stereocenters. The van der Waals surface area contributed by atoms with Gasteiger partial charge in [0, 0.05) is 46.3 Å². The van der Waals surface area contributed by atoms with Crippen molar-refractivity contribution in [3.05, 3.63) is 18.1 Å². The van der Waals surface area contributed by atoms with Crippen LogP contribution in [0.1, 0.15) is 12.1 Å². The molecule has 1 rings (SSSR count). The van der Waals surface area contributed by atoms with Crippen LogP contribution in [0.15, 0.2) is 17.5 Å². The lowest BCUT2D eigenvalue weighted by Gasteiger charge is -2.24. The van der Waals surface area contributed by atoms with Crippen molar-refractivity contribution in [3.63, 3.8) is 0 Å². The zero-order valence-corrected chi connectivity index (χ0v) is 11.8. The molecular weight excluding hydrogens is 262 g/mol. The van der Waals surface area contributed by atoms with Crippen molar-refractivity contribution < 1.29 is 14.7 Å². The monoisotopic (exact) mass is 283 g/mol. The van der Waals surface area contributed by atoms with E-state index in [0.717, 1.165) is 6.42 Å². The van der Waals surface area contributed by atoms with Crippen LogP contribution in [-0.4, -0.2) is 61.5 Å². The minimum Gasteiger partial charge on any atom is -0.409 e. The van der Waals surface area contributed by atoms with Gasteiger partial charge >= 0.3 is 0 Å². The van der Waals surface area contributed by atoms with Gasteiger partial charge in [-0.1, -0.05) is 5.16 Å². The number of nitrogens with two attached hydrogens (primary N) is 1. The first kappa shape index (κ1) is 16.1. The van der Waals surface area contributed by atoms with Crippen molar-refractivity contribution in [3.8, 4) is 0 Å². The quantitative estimate of drug-likeness (QED) is 0.217. The van der Waals surface area contributed by atoms with Crippen molar-refractivity contribution in [1.82, 2.24) is 9.97 Å². The minimum absolute atomic E-state index is 0.0674. The molecule has 0 saturated heterocycles. The fraction of sp³-hybridized carbons (Fsp3) is 0.583. The first-order chi connectivity index (χ1) is 9.74. The summed E-state index contributed by atoms with van der Waals surface area (Å²) in [5.41, 5.74) is 5.98. The van der Waals surface area contributed by atoms with Crippen LogP contribution in [0.3, 0.4) is 0 Å². The lowest BCUT2D eigenvalue weighted by Crippen LogP contribution is -2.32. The van der Waals surface area contributed by atoms with E-state index in [1.165, 1.54) is 6.20 Å². The van der Waals surface area contributed by atoms with Crippen LogP contribution < -0.4 is 10.6 Å². The van der Waals surface area contributed by atoms with Gasteiger partial charge in [0.1, 0.15) is 0 Å². The lowest BCUT2D eigenvalue weighted by molar-refractivity contribution is 0.191. The summed E-state index contributed by atoms with van der Waals surface area (Å²) in [6.07, 6.45) is 3.90. The SMILES string of the molecule is COCCCN(CCOC)c1nccnc1C(N)=NO. The van der Waals surface area contributed by atoms with Crippen LogP contribution in [-0.2, 0) is 9.47 Å². The molecule has 0 aromatic carbocycles. The summed E-state index contributed by atoms with van der Waals surface area (Å²) in [6, 6.07) is 0. The van der Waals surface area contributed by atoms with Crippen molar-refractivity contribution >= 4 is 11.7 Å². The molecule has 112 valence electrons. The fourth-order valence-corrected chi connectivity index (χ4v) is 1.71. The Bertz CT molecular complexity index is 427. The van der Waals surface area contributed by atoms with E-state index in [0.29, 0.717) is 37.8 Å². The number of rotatable bonds is 9. The molecule has 8 nitrogen and oxygen atoms in total.